The van der Waals surface area contributed by atoms with Gasteiger partial charge in [-0.2, -0.15) is 0 Å². The van der Waals surface area contributed by atoms with Gasteiger partial charge in [0, 0.05) is 25.8 Å². The van der Waals surface area contributed by atoms with Crippen LogP contribution in [0, 0.1) is 5.92 Å². The van der Waals surface area contributed by atoms with E-state index in [9.17, 15) is 4.79 Å². The molecular formula is C15H25N3O. The lowest BCUT2D eigenvalue weighted by Gasteiger charge is -2.28. The number of rotatable bonds is 6. The van der Waals surface area contributed by atoms with Gasteiger partial charge in [0.05, 0.1) is 5.56 Å². The smallest absolute Gasteiger partial charge is 0.255 e. The highest BCUT2D eigenvalue weighted by atomic mass is 16.2. The summed E-state index contributed by atoms with van der Waals surface area (Å²) in [6.45, 7) is 9.29. The number of amides is 1. The molecule has 0 aliphatic carbocycles. The van der Waals surface area contributed by atoms with Gasteiger partial charge in [-0.05, 0) is 31.4 Å². The number of carbonyl (C=O) groups excluding carboxylic acids is 1. The number of hydrogen-bond donors (Lipinski definition) is 1. The van der Waals surface area contributed by atoms with E-state index in [0.717, 1.165) is 18.8 Å². The SMILES string of the molecule is CCCNc1ccc(C(=O)N(C)C(C)C(C)C)cn1. The topological polar surface area (TPSA) is 45.2 Å². The predicted octanol–water partition coefficient (Wildman–Crippen LogP) is 3.02. The van der Waals surface area contributed by atoms with Gasteiger partial charge in [0.25, 0.3) is 5.91 Å². The number of carbonyl (C=O) groups is 1. The van der Waals surface area contributed by atoms with Gasteiger partial charge in [-0.1, -0.05) is 20.8 Å². The molecule has 19 heavy (non-hydrogen) atoms. The molecule has 0 aromatic carbocycles. The minimum absolute atomic E-state index is 0.0238. The van der Waals surface area contributed by atoms with Crippen molar-refractivity contribution in [3.8, 4) is 0 Å². The monoisotopic (exact) mass is 263 g/mol. The average Bonchev–Trinajstić information content (AvgIpc) is 2.43. The lowest BCUT2D eigenvalue weighted by Crippen LogP contribution is -2.38. The van der Waals surface area contributed by atoms with E-state index in [-0.39, 0.29) is 11.9 Å². The maximum absolute atomic E-state index is 12.3. The number of nitrogens with zero attached hydrogens (tertiary/aromatic N) is 2. The Labute approximate surface area is 116 Å². The second kappa shape index (κ2) is 7.12. The Morgan fingerprint density at radius 2 is 2.05 bits per heavy atom. The van der Waals surface area contributed by atoms with Crippen LogP contribution in [0.3, 0.4) is 0 Å². The van der Waals surface area contributed by atoms with Gasteiger partial charge in [-0.15, -0.1) is 0 Å². The van der Waals surface area contributed by atoms with E-state index >= 15 is 0 Å². The lowest BCUT2D eigenvalue weighted by atomic mass is 10.0. The van der Waals surface area contributed by atoms with E-state index < -0.39 is 0 Å². The molecular weight excluding hydrogens is 238 g/mol. The van der Waals surface area contributed by atoms with Crippen molar-refractivity contribution >= 4 is 11.7 Å². The van der Waals surface area contributed by atoms with Crippen molar-refractivity contribution in [3.63, 3.8) is 0 Å². The molecule has 0 saturated carbocycles. The van der Waals surface area contributed by atoms with E-state index in [2.05, 4.69) is 38.0 Å². The van der Waals surface area contributed by atoms with Crippen LogP contribution in [0.1, 0.15) is 44.5 Å². The molecule has 1 heterocycles. The molecule has 0 bridgehead atoms. The zero-order valence-corrected chi connectivity index (χ0v) is 12.6. The van der Waals surface area contributed by atoms with Crippen molar-refractivity contribution in [2.75, 3.05) is 18.9 Å². The second-order valence-corrected chi connectivity index (χ2v) is 5.26. The molecule has 1 amide bonds. The van der Waals surface area contributed by atoms with Crippen molar-refractivity contribution in [3.05, 3.63) is 23.9 Å². The van der Waals surface area contributed by atoms with Crippen LogP contribution in [0.5, 0.6) is 0 Å². The van der Waals surface area contributed by atoms with Crippen LogP contribution < -0.4 is 5.32 Å². The summed E-state index contributed by atoms with van der Waals surface area (Å²) in [7, 11) is 1.84. The third-order valence-corrected chi connectivity index (χ3v) is 3.46. The van der Waals surface area contributed by atoms with Crippen LogP contribution >= 0.6 is 0 Å². The highest BCUT2D eigenvalue weighted by Gasteiger charge is 2.19. The maximum atomic E-state index is 12.3. The Kier molecular flexibility index (Phi) is 5.80. The van der Waals surface area contributed by atoms with Gasteiger partial charge >= 0.3 is 0 Å². The molecule has 0 aliphatic heterocycles. The molecule has 1 atom stereocenters. The van der Waals surface area contributed by atoms with E-state index in [1.54, 1.807) is 11.1 Å². The minimum atomic E-state index is 0.0238. The molecule has 1 aromatic heterocycles. The van der Waals surface area contributed by atoms with Gasteiger partial charge < -0.3 is 10.2 Å². The standard InChI is InChI=1S/C15H25N3O/c1-6-9-16-14-8-7-13(10-17-14)15(19)18(5)12(4)11(2)3/h7-8,10-12H,6,9H2,1-5H3,(H,16,17). The molecule has 1 rings (SSSR count). The largest absolute Gasteiger partial charge is 0.370 e. The van der Waals surface area contributed by atoms with Gasteiger partial charge in [-0.3, -0.25) is 4.79 Å². The summed E-state index contributed by atoms with van der Waals surface area (Å²) in [5, 5.41) is 3.19. The summed E-state index contributed by atoms with van der Waals surface area (Å²) < 4.78 is 0. The third kappa shape index (κ3) is 4.23. The molecule has 0 radical (unpaired) electrons. The fourth-order valence-corrected chi connectivity index (χ4v) is 1.71. The first kappa shape index (κ1) is 15.5. The Balaban J connectivity index is 2.72. The third-order valence-electron chi connectivity index (χ3n) is 3.46. The van der Waals surface area contributed by atoms with Crippen molar-refractivity contribution in [2.45, 2.75) is 40.2 Å². The summed E-state index contributed by atoms with van der Waals surface area (Å²) in [5.74, 6) is 1.28. The average molecular weight is 263 g/mol. The van der Waals surface area contributed by atoms with Crippen LogP contribution in [-0.2, 0) is 0 Å². The van der Waals surface area contributed by atoms with Crippen LogP contribution in [0.4, 0.5) is 5.82 Å². The van der Waals surface area contributed by atoms with Crippen LogP contribution in [0.25, 0.3) is 0 Å². The molecule has 0 spiro atoms. The van der Waals surface area contributed by atoms with Gasteiger partial charge in [0.15, 0.2) is 0 Å². The number of anilines is 1. The van der Waals surface area contributed by atoms with Crippen molar-refractivity contribution in [1.82, 2.24) is 9.88 Å². The fraction of sp³-hybridized carbons (Fsp3) is 0.600. The van der Waals surface area contributed by atoms with Crippen molar-refractivity contribution < 1.29 is 4.79 Å². The van der Waals surface area contributed by atoms with E-state index in [1.807, 2.05) is 19.2 Å². The van der Waals surface area contributed by atoms with Crippen LogP contribution in [0.2, 0.25) is 0 Å². The molecule has 106 valence electrons. The predicted molar refractivity (Wildman–Crippen MR) is 79.4 cm³/mol. The zero-order valence-electron chi connectivity index (χ0n) is 12.6. The van der Waals surface area contributed by atoms with Gasteiger partial charge in [0.2, 0.25) is 0 Å². The van der Waals surface area contributed by atoms with E-state index in [0.29, 0.717) is 11.5 Å². The molecule has 0 saturated heterocycles. The highest BCUT2D eigenvalue weighted by molar-refractivity contribution is 5.94. The number of nitrogens with one attached hydrogen (secondary N) is 1. The van der Waals surface area contributed by atoms with Gasteiger partial charge in [0.1, 0.15) is 5.82 Å². The molecule has 0 aliphatic rings. The van der Waals surface area contributed by atoms with Crippen molar-refractivity contribution in [1.29, 1.82) is 0 Å². The Morgan fingerprint density at radius 3 is 2.53 bits per heavy atom. The first-order valence-electron chi connectivity index (χ1n) is 6.94. The molecule has 1 unspecified atom stereocenters. The number of pyridine rings is 1. The molecule has 1 aromatic rings. The summed E-state index contributed by atoms with van der Waals surface area (Å²) in [4.78, 5) is 18.3. The van der Waals surface area contributed by atoms with Crippen LogP contribution in [0.15, 0.2) is 18.3 Å². The second-order valence-electron chi connectivity index (χ2n) is 5.26. The normalized spacial score (nSPS) is 12.3. The molecule has 1 N–H and O–H groups in total. The minimum Gasteiger partial charge on any atom is -0.370 e. The molecule has 0 fully saturated rings. The highest BCUT2D eigenvalue weighted by Crippen LogP contribution is 2.13. The first-order valence-corrected chi connectivity index (χ1v) is 6.94. The Bertz CT molecular complexity index is 400. The summed E-state index contributed by atoms with van der Waals surface area (Å²) >= 11 is 0. The first-order chi connectivity index (χ1) is 8.97. The summed E-state index contributed by atoms with van der Waals surface area (Å²) in [6, 6.07) is 3.90. The quantitative estimate of drug-likeness (QED) is 0.858. The van der Waals surface area contributed by atoms with Crippen LogP contribution in [-0.4, -0.2) is 35.4 Å². The number of hydrogen-bond acceptors (Lipinski definition) is 3. The molecule has 4 nitrogen and oxygen atoms in total. The van der Waals surface area contributed by atoms with E-state index in [1.165, 1.54) is 0 Å². The zero-order chi connectivity index (χ0) is 14.4. The van der Waals surface area contributed by atoms with Crippen molar-refractivity contribution in [2.24, 2.45) is 5.92 Å². The summed E-state index contributed by atoms with van der Waals surface area (Å²) in [5.41, 5.74) is 0.636. The number of aromatic nitrogens is 1. The van der Waals surface area contributed by atoms with Gasteiger partial charge in [-0.25, -0.2) is 4.98 Å². The Hall–Kier alpha value is -1.58. The fourth-order valence-electron chi connectivity index (χ4n) is 1.71. The lowest BCUT2D eigenvalue weighted by molar-refractivity contribution is 0.0706. The molecule has 4 heteroatoms. The maximum Gasteiger partial charge on any atom is 0.255 e. The van der Waals surface area contributed by atoms with E-state index in [4.69, 9.17) is 0 Å². The Morgan fingerprint density at radius 1 is 1.37 bits per heavy atom. The summed E-state index contributed by atoms with van der Waals surface area (Å²) in [6.07, 6.45) is 2.70.